The van der Waals surface area contributed by atoms with Crippen LogP contribution in [0.5, 0.6) is 0 Å². The molecule has 2 aliphatic heterocycles. The summed E-state index contributed by atoms with van der Waals surface area (Å²) < 4.78 is 0. The molecule has 2 fully saturated rings. The number of piperazine rings is 1. The molecule has 0 aromatic heterocycles. The van der Waals surface area contributed by atoms with Gasteiger partial charge in [0.05, 0.1) is 0 Å². The fourth-order valence-electron chi connectivity index (χ4n) is 3.42. The van der Waals surface area contributed by atoms with E-state index in [1.54, 1.807) is 0 Å². The van der Waals surface area contributed by atoms with E-state index in [0.29, 0.717) is 6.04 Å². The second-order valence-corrected chi connectivity index (χ2v) is 5.91. The minimum absolute atomic E-state index is 0.563. The lowest BCUT2D eigenvalue weighted by molar-refractivity contribution is 0.0770. The summed E-state index contributed by atoms with van der Waals surface area (Å²) >= 11 is 0. The van der Waals surface area contributed by atoms with E-state index in [-0.39, 0.29) is 0 Å². The molecule has 1 aromatic carbocycles. The summed E-state index contributed by atoms with van der Waals surface area (Å²) in [6.45, 7) is 9.60. The van der Waals surface area contributed by atoms with Crippen LogP contribution in [-0.4, -0.2) is 42.0 Å². The Labute approximate surface area is 111 Å². The molecule has 2 nitrogen and oxygen atoms in total. The number of hydrogen-bond acceptors (Lipinski definition) is 2. The molecule has 2 atom stereocenters. The van der Waals surface area contributed by atoms with E-state index in [1.807, 2.05) is 0 Å². The number of fused-ring (bicyclic) bond motifs is 1. The number of hydrogen-bond donors (Lipinski definition) is 0. The van der Waals surface area contributed by atoms with Crippen molar-refractivity contribution in [3.05, 3.63) is 35.4 Å². The van der Waals surface area contributed by atoms with Crippen molar-refractivity contribution >= 4 is 0 Å². The summed E-state index contributed by atoms with van der Waals surface area (Å²) in [5, 5.41) is 0. The van der Waals surface area contributed by atoms with Crippen LogP contribution in [0.4, 0.5) is 0 Å². The zero-order valence-corrected chi connectivity index (χ0v) is 11.6. The minimum atomic E-state index is 0.563. The second kappa shape index (κ2) is 5.02. The lowest BCUT2D eigenvalue weighted by atomic mass is 10.0. The van der Waals surface area contributed by atoms with Crippen LogP contribution in [0.25, 0.3) is 0 Å². The fraction of sp³-hybridized carbons (Fsp3) is 0.625. The molecule has 2 aliphatic rings. The summed E-state index contributed by atoms with van der Waals surface area (Å²) in [7, 11) is 0. The number of rotatable bonds is 2. The molecule has 2 unspecified atom stereocenters. The molecule has 0 N–H and O–H groups in total. The Morgan fingerprint density at radius 3 is 2.67 bits per heavy atom. The highest BCUT2D eigenvalue weighted by Crippen LogP contribution is 2.27. The van der Waals surface area contributed by atoms with Crippen molar-refractivity contribution in [1.29, 1.82) is 0 Å². The van der Waals surface area contributed by atoms with Crippen molar-refractivity contribution in [1.82, 2.24) is 9.80 Å². The molecule has 2 heteroatoms. The predicted octanol–water partition coefficient (Wildman–Crippen LogP) is 2.84. The highest BCUT2D eigenvalue weighted by Gasteiger charge is 2.32. The Hall–Kier alpha value is -0.860. The first kappa shape index (κ1) is 12.2. The number of benzene rings is 1. The molecule has 0 aliphatic carbocycles. The van der Waals surface area contributed by atoms with E-state index >= 15 is 0 Å². The molecule has 2 saturated heterocycles. The maximum absolute atomic E-state index is 2.68. The minimum Gasteiger partial charge on any atom is -0.298 e. The van der Waals surface area contributed by atoms with Gasteiger partial charge in [-0.25, -0.2) is 0 Å². The first-order chi connectivity index (χ1) is 8.74. The molecule has 3 rings (SSSR count). The van der Waals surface area contributed by atoms with E-state index in [0.717, 1.165) is 6.04 Å². The average Bonchev–Trinajstić information content (AvgIpc) is 2.86. The highest BCUT2D eigenvalue weighted by atomic mass is 15.3. The number of aryl methyl sites for hydroxylation is 1. The molecule has 18 heavy (non-hydrogen) atoms. The van der Waals surface area contributed by atoms with Crippen LogP contribution >= 0.6 is 0 Å². The average molecular weight is 244 g/mol. The maximum atomic E-state index is 2.68. The Morgan fingerprint density at radius 2 is 1.89 bits per heavy atom. The smallest absolute Gasteiger partial charge is 0.0321 e. The van der Waals surface area contributed by atoms with Crippen LogP contribution in [0.3, 0.4) is 0 Å². The third kappa shape index (κ3) is 2.32. The van der Waals surface area contributed by atoms with E-state index in [2.05, 4.69) is 47.9 Å². The Balaban J connectivity index is 1.69. The Morgan fingerprint density at radius 1 is 1.11 bits per heavy atom. The van der Waals surface area contributed by atoms with Gasteiger partial charge in [-0.3, -0.25) is 9.80 Å². The largest absolute Gasteiger partial charge is 0.298 e. The zero-order chi connectivity index (χ0) is 12.5. The van der Waals surface area contributed by atoms with Crippen LogP contribution in [0.1, 0.15) is 36.9 Å². The molecule has 0 bridgehead atoms. The topological polar surface area (TPSA) is 6.48 Å². The third-order valence-electron chi connectivity index (χ3n) is 4.73. The van der Waals surface area contributed by atoms with Crippen molar-refractivity contribution in [3.63, 3.8) is 0 Å². The molecule has 0 spiro atoms. The van der Waals surface area contributed by atoms with Gasteiger partial charge in [-0.05, 0) is 38.8 Å². The SMILES string of the molecule is Cc1ccc(C(C)N2CCN3CCCC3C2)cc1. The molecule has 0 saturated carbocycles. The molecule has 0 radical (unpaired) electrons. The highest BCUT2D eigenvalue weighted by molar-refractivity contribution is 5.24. The van der Waals surface area contributed by atoms with Gasteiger partial charge in [0.1, 0.15) is 0 Å². The van der Waals surface area contributed by atoms with Gasteiger partial charge in [0, 0.05) is 31.7 Å². The fourth-order valence-corrected chi connectivity index (χ4v) is 3.42. The van der Waals surface area contributed by atoms with Gasteiger partial charge in [-0.15, -0.1) is 0 Å². The van der Waals surface area contributed by atoms with Crippen LogP contribution in [0, 0.1) is 6.92 Å². The van der Waals surface area contributed by atoms with Crippen molar-refractivity contribution < 1.29 is 0 Å². The summed E-state index contributed by atoms with van der Waals surface area (Å²) in [6, 6.07) is 10.4. The van der Waals surface area contributed by atoms with Crippen molar-refractivity contribution in [2.24, 2.45) is 0 Å². The maximum Gasteiger partial charge on any atom is 0.0321 e. The normalized spacial score (nSPS) is 27.1. The second-order valence-electron chi connectivity index (χ2n) is 5.91. The lowest BCUT2D eigenvalue weighted by Crippen LogP contribution is -2.50. The van der Waals surface area contributed by atoms with Gasteiger partial charge in [-0.2, -0.15) is 0 Å². The Kier molecular flexibility index (Phi) is 3.40. The molecular formula is C16H24N2. The number of nitrogens with zero attached hydrogens (tertiary/aromatic N) is 2. The molecular weight excluding hydrogens is 220 g/mol. The molecule has 2 heterocycles. The van der Waals surface area contributed by atoms with E-state index in [9.17, 15) is 0 Å². The van der Waals surface area contributed by atoms with Gasteiger partial charge in [-0.1, -0.05) is 29.8 Å². The summed E-state index contributed by atoms with van der Waals surface area (Å²) in [6.07, 6.45) is 2.80. The van der Waals surface area contributed by atoms with Crippen molar-refractivity contribution in [3.8, 4) is 0 Å². The lowest BCUT2D eigenvalue weighted by Gasteiger charge is -2.40. The predicted molar refractivity (Wildman–Crippen MR) is 75.8 cm³/mol. The van der Waals surface area contributed by atoms with E-state index < -0.39 is 0 Å². The summed E-state index contributed by atoms with van der Waals surface area (Å²) in [4.78, 5) is 5.34. The van der Waals surface area contributed by atoms with Crippen molar-refractivity contribution in [2.45, 2.75) is 38.8 Å². The molecule has 98 valence electrons. The van der Waals surface area contributed by atoms with Crippen LogP contribution < -0.4 is 0 Å². The quantitative estimate of drug-likeness (QED) is 0.789. The van der Waals surface area contributed by atoms with Gasteiger partial charge in [0.25, 0.3) is 0 Å². The van der Waals surface area contributed by atoms with Crippen molar-refractivity contribution in [2.75, 3.05) is 26.2 Å². The van der Waals surface area contributed by atoms with Gasteiger partial charge < -0.3 is 0 Å². The van der Waals surface area contributed by atoms with Crippen LogP contribution in [0.15, 0.2) is 24.3 Å². The van der Waals surface area contributed by atoms with Crippen LogP contribution in [0.2, 0.25) is 0 Å². The van der Waals surface area contributed by atoms with E-state index in [1.165, 1.54) is 50.1 Å². The third-order valence-corrected chi connectivity index (χ3v) is 4.73. The van der Waals surface area contributed by atoms with Gasteiger partial charge >= 0.3 is 0 Å². The Bertz CT molecular complexity index is 398. The van der Waals surface area contributed by atoms with Crippen LogP contribution in [-0.2, 0) is 0 Å². The summed E-state index contributed by atoms with van der Waals surface area (Å²) in [5.74, 6) is 0. The zero-order valence-electron chi connectivity index (χ0n) is 11.6. The molecule has 1 aromatic rings. The first-order valence-corrected chi connectivity index (χ1v) is 7.29. The molecule has 0 amide bonds. The van der Waals surface area contributed by atoms with Gasteiger partial charge in [0.15, 0.2) is 0 Å². The first-order valence-electron chi connectivity index (χ1n) is 7.29. The van der Waals surface area contributed by atoms with Gasteiger partial charge in [0.2, 0.25) is 0 Å². The van der Waals surface area contributed by atoms with E-state index in [4.69, 9.17) is 0 Å². The standard InChI is InChI=1S/C16H24N2/c1-13-5-7-15(8-6-13)14(2)18-11-10-17-9-3-4-16(17)12-18/h5-8,14,16H,3-4,9-12H2,1-2H3. The monoisotopic (exact) mass is 244 g/mol. The summed E-state index contributed by atoms with van der Waals surface area (Å²) in [5.41, 5.74) is 2.82.